The van der Waals surface area contributed by atoms with E-state index >= 15 is 0 Å². The van der Waals surface area contributed by atoms with Gasteiger partial charge in [0.25, 0.3) is 0 Å². The van der Waals surface area contributed by atoms with Crippen molar-refractivity contribution >= 4 is 5.91 Å². The molecule has 1 aliphatic rings. The van der Waals surface area contributed by atoms with Crippen molar-refractivity contribution in [2.75, 3.05) is 26.8 Å². The summed E-state index contributed by atoms with van der Waals surface area (Å²) in [5, 5.41) is 14.0. The molecule has 1 amide bonds. The molecule has 1 aromatic heterocycles. The highest BCUT2D eigenvalue weighted by molar-refractivity contribution is 5.76. The summed E-state index contributed by atoms with van der Waals surface area (Å²) in [5.41, 5.74) is -0.830. The number of hydrogen-bond donors (Lipinski definition) is 1. The molecule has 112 valence electrons. The lowest BCUT2D eigenvalue weighted by Gasteiger charge is -2.35. The summed E-state index contributed by atoms with van der Waals surface area (Å²) in [4.78, 5) is 17.7. The summed E-state index contributed by atoms with van der Waals surface area (Å²) in [5.74, 6) is 0.993. The van der Waals surface area contributed by atoms with E-state index in [9.17, 15) is 9.90 Å². The zero-order valence-electron chi connectivity index (χ0n) is 12.0. The van der Waals surface area contributed by atoms with E-state index < -0.39 is 5.60 Å². The number of ether oxygens (including phenoxy) is 1. The Morgan fingerprint density at radius 1 is 1.45 bits per heavy atom. The number of carbonyl (C=O) groups excluding carboxylic acids is 1. The lowest BCUT2D eigenvalue weighted by molar-refractivity contribution is -0.136. The van der Waals surface area contributed by atoms with Gasteiger partial charge in [-0.15, -0.1) is 0 Å². The second-order valence-electron chi connectivity index (χ2n) is 5.32. The normalized spacial score (nSPS) is 17.9. The van der Waals surface area contributed by atoms with Crippen LogP contribution in [0.1, 0.15) is 31.0 Å². The summed E-state index contributed by atoms with van der Waals surface area (Å²) >= 11 is 0. The Hall–Kier alpha value is -1.47. The van der Waals surface area contributed by atoms with Crippen LogP contribution in [0.4, 0.5) is 0 Å². The highest BCUT2D eigenvalue weighted by atomic mass is 16.5. The number of aliphatic hydroxyl groups is 1. The molecule has 7 nitrogen and oxygen atoms in total. The SMILES string of the molecule is Cc1noc(CCC(=O)N(C)CC2(O)CCOCC2)n1. The van der Waals surface area contributed by atoms with Gasteiger partial charge in [-0.1, -0.05) is 5.16 Å². The fraction of sp³-hybridized carbons (Fsp3) is 0.769. The van der Waals surface area contributed by atoms with Gasteiger partial charge in [-0.2, -0.15) is 4.98 Å². The van der Waals surface area contributed by atoms with Gasteiger partial charge in [0.15, 0.2) is 5.82 Å². The number of rotatable bonds is 5. The molecule has 1 saturated heterocycles. The average molecular weight is 283 g/mol. The van der Waals surface area contributed by atoms with Crippen molar-refractivity contribution in [3.63, 3.8) is 0 Å². The highest BCUT2D eigenvalue weighted by Gasteiger charge is 2.32. The Kier molecular flexibility index (Phi) is 4.72. The van der Waals surface area contributed by atoms with Crippen molar-refractivity contribution in [1.29, 1.82) is 0 Å². The highest BCUT2D eigenvalue weighted by Crippen LogP contribution is 2.21. The molecule has 0 aliphatic carbocycles. The number of carbonyl (C=O) groups is 1. The van der Waals surface area contributed by atoms with Gasteiger partial charge in [0.05, 0.1) is 5.60 Å². The largest absolute Gasteiger partial charge is 0.388 e. The van der Waals surface area contributed by atoms with Crippen LogP contribution in [0.2, 0.25) is 0 Å². The van der Waals surface area contributed by atoms with Crippen molar-refractivity contribution in [3.05, 3.63) is 11.7 Å². The van der Waals surface area contributed by atoms with Crippen molar-refractivity contribution < 1.29 is 19.2 Å². The van der Waals surface area contributed by atoms with Crippen LogP contribution in [0.3, 0.4) is 0 Å². The number of likely N-dealkylation sites (N-methyl/N-ethyl adjacent to an activating group) is 1. The van der Waals surface area contributed by atoms with E-state index in [-0.39, 0.29) is 5.91 Å². The van der Waals surface area contributed by atoms with E-state index in [1.54, 1.807) is 18.9 Å². The average Bonchev–Trinajstić information content (AvgIpc) is 2.82. The smallest absolute Gasteiger partial charge is 0.227 e. The second kappa shape index (κ2) is 6.32. The number of aromatic nitrogens is 2. The Morgan fingerprint density at radius 3 is 2.75 bits per heavy atom. The van der Waals surface area contributed by atoms with E-state index in [4.69, 9.17) is 9.26 Å². The van der Waals surface area contributed by atoms with Gasteiger partial charge < -0.3 is 19.3 Å². The third-order valence-electron chi connectivity index (χ3n) is 3.50. The monoisotopic (exact) mass is 283 g/mol. The van der Waals surface area contributed by atoms with Crippen LogP contribution in [-0.4, -0.2) is 58.5 Å². The Bertz CT molecular complexity index is 454. The molecule has 20 heavy (non-hydrogen) atoms. The first-order valence-electron chi connectivity index (χ1n) is 6.82. The van der Waals surface area contributed by atoms with Gasteiger partial charge in [-0.3, -0.25) is 4.79 Å². The first-order valence-corrected chi connectivity index (χ1v) is 6.82. The molecule has 0 atom stereocenters. The second-order valence-corrected chi connectivity index (χ2v) is 5.32. The topological polar surface area (TPSA) is 88.7 Å². The predicted octanol–water partition coefficient (Wildman–Crippen LogP) is 0.311. The summed E-state index contributed by atoms with van der Waals surface area (Å²) < 4.78 is 10.2. The maximum Gasteiger partial charge on any atom is 0.227 e. The maximum absolute atomic E-state index is 12.0. The molecule has 0 bridgehead atoms. The summed E-state index contributed by atoms with van der Waals surface area (Å²) in [7, 11) is 1.70. The Balaban J connectivity index is 1.79. The summed E-state index contributed by atoms with van der Waals surface area (Å²) in [6.07, 6.45) is 1.84. The molecule has 1 N–H and O–H groups in total. The quantitative estimate of drug-likeness (QED) is 0.836. The molecule has 0 unspecified atom stereocenters. The van der Waals surface area contributed by atoms with Gasteiger partial charge >= 0.3 is 0 Å². The molecule has 1 aromatic rings. The van der Waals surface area contributed by atoms with Crippen molar-refractivity contribution in [3.8, 4) is 0 Å². The van der Waals surface area contributed by atoms with E-state index in [0.717, 1.165) is 0 Å². The maximum atomic E-state index is 12.0. The molecule has 7 heteroatoms. The van der Waals surface area contributed by atoms with Crippen molar-refractivity contribution in [2.24, 2.45) is 0 Å². The van der Waals surface area contributed by atoms with Crippen molar-refractivity contribution in [1.82, 2.24) is 15.0 Å². The number of nitrogens with zero attached hydrogens (tertiary/aromatic N) is 3. The zero-order valence-corrected chi connectivity index (χ0v) is 12.0. The van der Waals surface area contributed by atoms with Crippen LogP contribution in [0.5, 0.6) is 0 Å². The van der Waals surface area contributed by atoms with Gasteiger partial charge in [-0.05, 0) is 6.92 Å². The lowest BCUT2D eigenvalue weighted by atomic mass is 9.94. The van der Waals surface area contributed by atoms with E-state index in [2.05, 4.69) is 10.1 Å². The Labute approximate surface area is 117 Å². The van der Waals surface area contributed by atoms with Crippen LogP contribution in [-0.2, 0) is 16.0 Å². The van der Waals surface area contributed by atoms with Crippen LogP contribution >= 0.6 is 0 Å². The van der Waals surface area contributed by atoms with Crippen LogP contribution in [0.15, 0.2) is 4.52 Å². The molecule has 2 heterocycles. The minimum Gasteiger partial charge on any atom is -0.388 e. The molecule has 1 aliphatic heterocycles. The first-order chi connectivity index (χ1) is 9.48. The van der Waals surface area contributed by atoms with Crippen LogP contribution in [0.25, 0.3) is 0 Å². The fourth-order valence-electron chi connectivity index (χ4n) is 2.29. The molecular weight excluding hydrogens is 262 g/mol. The zero-order chi connectivity index (χ0) is 14.6. The molecule has 0 spiro atoms. The summed E-state index contributed by atoms with van der Waals surface area (Å²) in [6.45, 7) is 3.15. The van der Waals surface area contributed by atoms with Gasteiger partial charge in [-0.25, -0.2) is 0 Å². The minimum absolute atomic E-state index is 0.0410. The third-order valence-corrected chi connectivity index (χ3v) is 3.50. The van der Waals surface area contributed by atoms with E-state index in [1.165, 1.54) is 0 Å². The predicted molar refractivity (Wildman–Crippen MR) is 70.0 cm³/mol. The van der Waals surface area contributed by atoms with Gasteiger partial charge in [0.1, 0.15) is 0 Å². The van der Waals surface area contributed by atoms with Crippen LogP contribution < -0.4 is 0 Å². The summed E-state index contributed by atoms with van der Waals surface area (Å²) in [6, 6.07) is 0. The van der Waals surface area contributed by atoms with E-state index in [0.29, 0.717) is 57.2 Å². The third kappa shape index (κ3) is 4.01. The molecule has 2 rings (SSSR count). The van der Waals surface area contributed by atoms with Gasteiger partial charge in [0.2, 0.25) is 11.8 Å². The molecular formula is C13H21N3O4. The number of hydrogen-bond acceptors (Lipinski definition) is 6. The number of aryl methyl sites for hydroxylation is 2. The minimum atomic E-state index is -0.830. The molecule has 0 radical (unpaired) electrons. The fourth-order valence-corrected chi connectivity index (χ4v) is 2.29. The number of amides is 1. The first kappa shape index (κ1) is 14.9. The van der Waals surface area contributed by atoms with E-state index in [1.807, 2.05) is 0 Å². The Morgan fingerprint density at radius 2 is 2.15 bits per heavy atom. The van der Waals surface area contributed by atoms with Crippen LogP contribution in [0, 0.1) is 6.92 Å². The standard InChI is InChI=1S/C13H21N3O4/c1-10-14-11(20-15-10)3-4-12(17)16(2)9-13(18)5-7-19-8-6-13/h18H,3-9H2,1-2H3. The molecule has 1 fully saturated rings. The lowest BCUT2D eigenvalue weighted by Crippen LogP contribution is -2.47. The molecule has 0 saturated carbocycles. The molecule has 0 aromatic carbocycles. The van der Waals surface area contributed by atoms with Crippen molar-refractivity contribution in [2.45, 2.75) is 38.2 Å². The van der Waals surface area contributed by atoms with Gasteiger partial charge in [0, 0.05) is 52.5 Å².